The van der Waals surface area contributed by atoms with Crippen LogP contribution in [0.15, 0.2) is 42.5 Å². The van der Waals surface area contributed by atoms with Gasteiger partial charge in [0.15, 0.2) is 11.5 Å². The van der Waals surface area contributed by atoms with Crippen LogP contribution >= 0.6 is 0 Å². The van der Waals surface area contributed by atoms with Gasteiger partial charge in [-0.1, -0.05) is 32.0 Å². The number of hydrogen-bond acceptors (Lipinski definition) is 5. The molecule has 0 fully saturated rings. The molecule has 0 aliphatic rings. The van der Waals surface area contributed by atoms with Crippen molar-refractivity contribution in [3.05, 3.63) is 53.6 Å². The van der Waals surface area contributed by atoms with Gasteiger partial charge in [0.25, 0.3) is 0 Å². The smallest absolute Gasteiger partial charge is 0.241 e. The van der Waals surface area contributed by atoms with E-state index in [1.54, 1.807) is 38.5 Å². The Morgan fingerprint density at radius 3 is 2.03 bits per heavy atom. The van der Waals surface area contributed by atoms with Crippen LogP contribution in [0.25, 0.3) is 0 Å². The van der Waals surface area contributed by atoms with Gasteiger partial charge in [-0.25, -0.2) is 8.42 Å². The topological polar surface area (TPSA) is 84.9 Å². The summed E-state index contributed by atoms with van der Waals surface area (Å²) in [5.41, 5.74) is 2.36. The lowest BCUT2D eigenvalue weighted by molar-refractivity contribution is -0.120. The van der Waals surface area contributed by atoms with E-state index in [4.69, 9.17) is 9.47 Å². The number of sulfonamides is 1. The molecule has 0 spiro atoms. The number of amides is 1. The average Bonchev–Trinajstić information content (AvgIpc) is 2.70. The molecule has 0 aromatic heterocycles. The van der Waals surface area contributed by atoms with E-state index in [-0.39, 0.29) is 12.6 Å². The predicted molar refractivity (Wildman–Crippen MR) is 119 cm³/mol. The molecule has 2 aromatic rings. The standard InChI is InChI=1S/C22H30N2O5S/c1-15(2)17-7-10-19(11-8-17)24(30(6,26)27)14-22(25)23-16(3)18-9-12-20(28-4)21(13-18)29-5/h7-13,15-16H,14H2,1-6H3,(H,23,25). The molecule has 1 atom stereocenters. The lowest BCUT2D eigenvalue weighted by Gasteiger charge is -2.24. The summed E-state index contributed by atoms with van der Waals surface area (Å²) in [5, 5.41) is 2.85. The molecule has 1 N–H and O–H groups in total. The molecule has 30 heavy (non-hydrogen) atoms. The molecule has 8 heteroatoms. The number of nitrogens with one attached hydrogen (secondary N) is 1. The Morgan fingerprint density at radius 2 is 1.53 bits per heavy atom. The van der Waals surface area contributed by atoms with Crippen molar-refractivity contribution in [2.24, 2.45) is 0 Å². The van der Waals surface area contributed by atoms with Gasteiger partial charge in [0.05, 0.1) is 32.2 Å². The number of hydrogen-bond donors (Lipinski definition) is 1. The number of rotatable bonds is 9. The highest BCUT2D eigenvalue weighted by atomic mass is 32.2. The van der Waals surface area contributed by atoms with E-state index in [1.165, 1.54) is 0 Å². The van der Waals surface area contributed by atoms with Crippen molar-refractivity contribution in [2.45, 2.75) is 32.7 Å². The number of nitrogens with zero attached hydrogens (tertiary/aromatic N) is 1. The number of ether oxygens (including phenoxy) is 2. The second-order valence-corrected chi connectivity index (χ2v) is 9.33. The highest BCUT2D eigenvalue weighted by molar-refractivity contribution is 7.92. The lowest BCUT2D eigenvalue weighted by Crippen LogP contribution is -2.41. The zero-order valence-electron chi connectivity index (χ0n) is 18.3. The largest absolute Gasteiger partial charge is 0.493 e. The zero-order valence-corrected chi connectivity index (χ0v) is 19.1. The molecule has 0 radical (unpaired) electrons. The monoisotopic (exact) mass is 434 g/mol. The minimum absolute atomic E-state index is 0.308. The first-order chi connectivity index (χ1) is 14.1. The van der Waals surface area contributed by atoms with Crippen molar-refractivity contribution in [3.8, 4) is 11.5 Å². The summed E-state index contributed by atoms with van der Waals surface area (Å²) in [4.78, 5) is 12.6. The third kappa shape index (κ3) is 5.89. The summed E-state index contributed by atoms with van der Waals surface area (Å²) in [6, 6.07) is 12.2. The molecule has 0 aliphatic carbocycles. The predicted octanol–water partition coefficient (Wildman–Crippen LogP) is 3.47. The summed E-state index contributed by atoms with van der Waals surface area (Å²) in [5.74, 6) is 1.07. The van der Waals surface area contributed by atoms with Gasteiger partial charge in [0.2, 0.25) is 15.9 Å². The minimum atomic E-state index is -3.63. The van der Waals surface area contributed by atoms with Gasteiger partial charge in [0.1, 0.15) is 6.54 Å². The maximum absolute atomic E-state index is 12.6. The SMILES string of the molecule is COc1ccc(C(C)NC(=O)CN(c2ccc(C(C)C)cc2)S(C)(=O)=O)cc1OC. The highest BCUT2D eigenvalue weighted by Gasteiger charge is 2.22. The normalized spacial score (nSPS) is 12.4. The Bertz CT molecular complexity index is 972. The third-order valence-electron chi connectivity index (χ3n) is 4.82. The van der Waals surface area contributed by atoms with E-state index in [2.05, 4.69) is 19.2 Å². The number of carbonyl (C=O) groups excluding carboxylic acids is 1. The van der Waals surface area contributed by atoms with Crippen LogP contribution in [-0.4, -0.2) is 41.3 Å². The first kappa shape index (κ1) is 23.5. The molecule has 0 saturated carbocycles. The summed E-state index contributed by atoms with van der Waals surface area (Å²) in [6.07, 6.45) is 1.09. The van der Waals surface area contributed by atoms with Crippen molar-refractivity contribution < 1.29 is 22.7 Å². The van der Waals surface area contributed by atoms with Gasteiger partial charge in [-0.15, -0.1) is 0 Å². The minimum Gasteiger partial charge on any atom is -0.493 e. The van der Waals surface area contributed by atoms with Gasteiger partial charge in [-0.05, 0) is 48.2 Å². The first-order valence-corrected chi connectivity index (χ1v) is 11.5. The Balaban J connectivity index is 2.16. The first-order valence-electron chi connectivity index (χ1n) is 9.65. The molecule has 7 nitrogen and oxygen atoms in total. The van der Waals surface area contributed by atoms with Gasteiger partial charge in [-0.3, -0.25) is 9.10 Å². The quantitative estimate of drug-likeness (QED) is 0.653. The van der Waals surface area contributed by atoms with Crippen molar-refractivity contribution in [1.29, 1.82) is 0 Å². The highest BCUT2D eigenvalue weighted by Crippen LogP contribution is 2.30. The van der Waals surface area contributed by atoms with E-state index in [9.17, 15) is 13.2 Å². The second kappa shape index (κ2) is 9.84. The number of benzene rings is 2. The van der Waals surface area contributed by atoms with Crippen molar-refractivity contribution in [3.63, 3.8) is 0 Å². The van der Waals surface area contributed by atoms with Crippen LogP contribution in [0.1, 0.15) is 43.9 Å². The molecule has 1 amide bonds. The summed E-state index contributed by atoms with van der Waals surface area (Å²) in [6.45, 7) is 5.64. The van der Waals surface area contributed by atoms with E-state index in [0.29, 0.717) is 23.1 Å². The molecule has 0 bridgehead atoms. The molecule has 164 valence electrons. The third-order valence-corrected chi connectivity index (χ3v) is 5.96. The van der Waals surface area contributed by atoms with Crippen molar-refractivity contribution >= 4 is 21.6 Å². The lowest BCUT2D eigenvalue weighted by atomic mass is 10.0. The molecule has 0 saturated heterocycles. The number of methoxy groups -OCH3 is 2. The van der Waals surface area contributed by atoms with Gasteiger partial charge >= 0.3 is 0 Å². The summed E-state index contributed by atoms with van der Waals surface area (Å²) < 4.78 is 36.3. The second-order valence-electron chi connectivity index (χ2n) is 7.42. The molecular formula is C22H30N2O5S. The fraction of sp³-hybridized carbons (Fsp3) is 0.409. The Kier molecular flexibility index (Phi) is 7.72. The van der Waals surface area contributed by atoms with Crippen LogP contribution in [0.2, 0.25) is 0 Å². The van der Waals surface area contributed by atoms with Crippen molar-refractivity contribution in [2.75, 3.05) is 31.3 Å². The van der Waals surface area contributed by atoms with E-state index in [1.807, 2.05) is 25.1 Å². The maximum Gasteiger partial charge on any atom is 0.241 e. The van der Waals surface area contributed by atoms with Crippen molar-refractivity contribution in [1.82, 2.24) is 5.32 Å². The fourth-order valence-corrected chi connectivity index (χ4v) is 3.90. The molecule has 1 unspecified atom stereocenters. The fourth-order valence-electron chi connectivity index (χ4n) is 3.05. The van der Waals surface area contributed by atoms with Gasteiger partial charge < -0.3 is 14.8 Å². The van der Waals surface area contributed by atoms with E-state index in [0.717, 1.165) is 21.7 Å². The van der Waals surface area contributed by atoms with Crippen LogP contribution in [-0.2, 0) is 14.8 Å². The summed E-state index contributed by atoms with van der Waals surface area (Å²) >= 11 is 0. The van der Waals surface area contributed by atoms with Gasteiger partial charge in [0, 0.05) is 0 Å². The van der Waals surface area contributed by atoms with Crippen LogP contribution in [0, 0.1) is 0 Å². The van der Waals surface area contributed by atoms with Crippen LogP contribution in [0.5, 0.6) is 11.5 Å². The maximum atomic E-state index is 12.6. The van der Waals surface area contributed by atoms with E-state index >= 15 is 0 Å². The van der Waals surface area contributed by atoms with E-state index < -0.39 is 15.9 Å². The van der Waals surface area contributed by atoms with Crippen LogP contribution in [0.3, 0.4) is 0 Å². The zero-order chi connectivity index (χ0) is 22.5. The number of carbonyl (C=O) groups is 1. The Hall–Kier alpha value is -2.74. The summed E-state index contributed by atoms with van der Waals surface area (Å²) in [7, 11) is -0.537. The molecule has 0 aliphatic heterocycles. The molecule has 2 aromatic carbocycles. The molecule has 0 heterocycles. The Morgan fingerprint density at radius 1 is 0.967 bits per heavy atom. The number of anilines is 1. The average molecular weight is 435 g/mol. The van der Waals surface area contributed by atoms with Crippen LogP contribution < -0.4 is 19.1 Å². The van der Waals surface area contributed by atoms with Crippen LogP contribution in [0.4, 0.5) is 5.69 Å². The molecular weight excluding hydrogens is 404 g/mol. The Labute approximate surface area is 179 Å². The van der Waals surface area contributed by atoms with Gasteiger partial charge in [-0.2, -0.15) is 0 Å². The molecule has 2 rings (SSSR count).